The summed E-state index contributed by atoms with van der Waals surface area (Å²) in [4.78, 5) is 16.6. The van der Waals surface area contributed by atoms with Crippen LogP contribution in [0, 0.1) is 6.92 Å². The summed E-state index contributed by atoms with van der Waals surface area (Å²) >= 11 is 0. The molecule has 0 aliphatic carbocycles. The number of aromatic nitrogens is 2. The fourth-order valence-corrected chi connectivity index (χ4v) is 1.96. The van der Waals surface area contributed by atoms with Gasteiger partial charge in [0.05, 0.1) is 7.11 Å². The van der Waals surface area contributed by atoms with Gasteiger partial charge in [-0.15, -0.1) is 0 Å². The average Bonchev–Trinajstić information content (AvgIpc) is 2.60. The Hall–Kier alpha value is -3.02. The van der Waals surface area contributed by atoms with Gasteiger partial charge in [0.25, 0.3) is 0 Å². The molecule has 24 heavy (non-hydrogen) atoms. The molecule has 124 valence electrons. The maximum absolute atomic E-state index is 5.22. The summed E-state index contributed by atoms with van der Waals surface area (Å²) in [5.74, 6) is 1.20. The van der Waals surface area contributed by atoms with Gasteiger partial charge in [0, 0.05) is 42.0 Å². The Morgan fingerprint density at radius 1 is 1.33 bits per heavy atom. The summed E-state index contributed by atoms with van der Waals surface area (Å²) < 4.78 is 5.22. The van der Waals surface area contributed by atoms with Crippen LogP contribution < -0.4 is 10.1 Å². The van der Waals surface area contributed by atoms with Gasteiger partial charge < -0.3 is 10.1 Å². The molecule has 0 unspecified atom stereocenters. The minimum atomic E-state index is 0.553. The van der Waals surface area contributed by atoms with Crippen LogP contribution in [0.5, 0.6) is 5.88 Å². The second kappa shape index (κ2) is 9.19. The first-order chi connectivity index (χ1) is 11.7. The van der Waals surface area contributed by atoms with Crippen molar-refractivity contribution in [3.8, 4) is 5.88 Å². The Balaban J connectivity index is 1.75. The highest BCUT2D eigenvalue weighted by Crippen LogP contribution is 2.13. The lowest BCUT2D eigenvalue weighted by molar-refractivity contribution is 0.392. The van der Waals surface area contributed by atoms with E-state index in [1.54, 1.807) is 25.7 Å². The Bertz CT molecular complexity index is 722. The van der Waals surface area contributed by atoms with E-state index < -0.39 is 0 Å². The molecule has 1 N–H and O–H groups in total. The number of methoxy groups -OCH3 is 1. The summed E-state index contributed by atoms with van der Waals surface area (Å²) in [5, 5.41) is 3.13. The van der Waals surface area contributed by atoms with E-state index >= 15 is 0 Å². The van der Waals surface area contributed by atoms with Crippen molar-refractivity contribution in [3.63, 3.8) is 0 Å². The number of hydrogen-bond acceptors (Lipinski definition) is 5. The molecule has 0 radical (unpaired) electrons. The van der Waals surface area contributed by atoms with Crippen molar-refractivity contribution >= 4 is 12.6 Å². The van der Waals surface area contributed by atoms with Gasteiger partial charge in [0.2, 0.25) is 5.88 Å². The van der Waals surface area contributed by atoms with E-state index in [2.05, 4.69) is 31.8 Å². The molecule has 6 heteroatoms. The monoisotopic (exact) mass is 323 g/mol. The van der Waals surface area contributed by atoms with Crippen LogP contribution >= 0.6 is 0 Å². The van der Waals surface area contributed by atoms with Crippen LogP contribution in [0.1, 0.15) is 16.8 Å². The van der Waals surface area contributed by atoms with Gasteiger partial charge in [-0.2, -0.15) is 0 Å². The van der Waals surface area contributed by atoms with Gasteiger partial charge in [-0.05, 0) is 25.5 Å². The highest BCUT2D eigenvalue weighted by molar-refractivity contribution is 5.85. The minimum absolute atomic E-state index is 0.553. The van der Waals surface area contributed by atoms with E-state index in [0.29, 0.717) is 18.2 Å². The zero-order valence-corrected chi connectivity index (χ0v) is 13.9. The molecule has 0 aliphatic heterocycles. The van der Waals surface area contributed by atoms with E-state index in [1.165, 1.54) is 6.34 Å². The van der Waals surface area contributed by atoms with E-state index in [4.69, 9.17) is 4.74 Å². The van der Waals surface area contributed by atoms with Crippen LogP contribution in [0.2, 0.25) is 0 Å². The maximum atomic E-state index is 5.22. The van der Waals surface area contributed by atoms with Crippen molar-refractivity contribution in [1.29, 1.82) is 0 Å². The topological polar surface area (TPSA) is 71.8 Å². The smallest absolute Gasteiger partial charge is 0.216 e. The van der Waals surface area contributed by atoms with Crippen molar-refractivity contribution in [2.45, 2.75) is 13.3 Å². The second-order valence-electron chi connectivity index (χ2n) is 5.05. The normalized spacial score (nSPS) is 11.1. The van der Waals surface area contributed by atoms with Crippen molar-refractivity contribution < 1.29 is 4.74 Å². The SMILES string of the molecule is C=C(N=CN=Cc1ccc(C)nc1)NCCc1cccnc1OC. The van der Waals surface area contributed by atoms with Gasteiger partial charge in [-0.1, -0.05) is 18.7 Å². The quantitative estimate of drug-likeness (QED) is 0.598. The Morgan fingerprint density at radius 2 is 2.21 bits per heavy atom. The Morgan fingerprint density at radius 3 is 2.96 bits per heavy atom. The predicted molar refractivity (Wildman–Crippen MR) is 96.7 cm³/mol. The van der Waals surface area contributed by atoms with Gasteiger partial charge in [-0.3, -0.25) is 4.98 Å². The van der Waals surface area contributed by atoms with E-state index in [0.717, 1.165) is 23.2 Å². The van der Waals surface area contributed by atoms with Crippen LogP contribution in [0.3, 0.4) is 0 Å². The number of aliphatic imine (C=N–C) groups is 2. The largest absolute Gasteiger partial charge is 0.481 e. The summed E-state index contributed by atoms with van der Waals surface area (Å²) in [5.41, 5.74) is 2.94. The van der Waals surface area contributed by atoms with Crippen molar-refractivity contribution in [2.24, 2.45) is 9.98 Å². The molecule has 0 bridgehead atoms. The highest BCUT2D eigenvalue weighted by atomic mass is 16.5. The van der Waals surface area contributed by atoms with E-state index in [1.807, 2.05) is 31.2 Å². The average molecular weight is 323 g/mol. The number of aryl methyl sites for hydroxylation is 1. The minimum Gasteiger partial charge on any atom is -0.481 e. The summed E-state index contributed by atoms with van der Waals surface area (Å²) in [7, 11) is 1.62. The Kier molecular flexibility index (Phi) is 6.64. The molecular formula is C18H21N5O. The van der Waals surface area contributed by atoms with E-state index in [9.17, 15) is 0 Å². The first-order valence-electron chi connectivity index (χ1n) is 7.58. The van der Waals surface area contributed by atoms with Gasteiger partial charge >= 0.3 is 0 Å². The molecule has 0 aliphatic rings. The molecule has 0 saturated carbocycles. The number of nitrogens with zero attached hydrogens (tertiary/aromatic N) is 4. The van der Waals surface area contributed by atoms with Crippen LogP contribution in [-0.2, 0) is 6.42 Å². The Labute approximate surface area is 142 Å². The molecule has 2 rings (SSSR count). The molecular weight excluding hydrogens is 302 g/mol. The third-order valence-corrected chi connectivity index (χ3v) is 3.20. The first kappa shape index (κ1) is 17.3. The van der Waals surface area contributed by atoms with Crippen molar-refractivity contribution in [2.75, 3.05) is 13.7 Å². The lowest BCUT2D eigenvalue weighted by Crippen LogP contribution is -2.15. The standard InChI is InChI=1S/C18H21N5O/c1-14-6-7-16(12-22-14)11-19-13-23-15(2)20-10-8-17-5-4-9-21-18(17)24-3/h4-7,9,11-13,20H,2,8,10H2,1,3H3. The number of nitrogens with one attached hydrogen (secondary N) is 1. The third kappa shape index (κ3) is 5.64. The lowest BCUT2D eigenvalue weighted by atomic mass is 10.2. The first-order valence-corrected chi connectivity index (χ1v) is 7.58. The summed E-state index contributed by atoms with van der Waals surface area (Å²) in [6.07, 6.45) is 7.40. The molecule has 2 heterocycles. The molecule has 6 nitrogen and oxygen atoms in total. The number of pyridine rings is 2. The van der Waals surface area contributed by atoms with Crippen LogP contribution in [-0.4, -0.2) is 36.2 Å². The van der Waals surface area contributed by atoms with Crippen LogP contribution in [0.4, 0.5) is 0 Å². The highest BCUT2D eigenvalue weighted by Gasteiger charge is 2.02. The third-order valence-electron chi connectivity index (χ3n) is 3.20. The summed E-state index contributed by atoms with van der Waals surface area (Å²) in [6.45, 7) is 6.47. The van der Waals surface area contributed by atoms with E-state index in [-0.39, 0.29) is 0 Å². The second-order valence-corrected chi connectivity index (χ2v) is 5.05. The van der Waals surface area contributed by atoms with Crippen LogP contribution in [0.25, 0.3) is 0 Å². The molecule has 2 aromatic heterocycles. The molecule has 0 saturated heterocycles. The number of ether oxygens (including phenoxy) is 1. The molecule has 0 atom stereocenters. The van der Waals surface area contributed by atoms with Gasteiger partial charge in [0.1, 0.15) is 12.2 Å². The zero-order chi connectivity index (χ0) is 17.2. The predicted octanol–water partition coefficient (Wildman–Crippen LogP) is 2.54. The zero-order valence-electron chi connectivity index (χ0n) is 13.9. The fourth-order valence-electron chi connectivity index (χ4n) is 1.96. The van der Waals surface area contributed by atoms with Gasteiger partial charge in [0.15, 0.2) is 0 Å². The molecule has 0 fully saturated rings. The fraction of sp³-hybridized carbons (Fsp3) is 0.222. The molecule has 0 aromatic carbocycles. The molecule has 2 aromatic rings. The van der Waals surface area contributed by atoms with Crippen molar-refractivity contribution in [3.05, 3.63) is 65.9 Å². The number of rotatable bonds is 8. The maximum Gasteiger partial charge on any atom is 0.216 e. The molecule has 0 amide bonds. The van der Waals surface area contributed by atoms with Gasteiger partial charge in [-0.25, -0.2) is 15.0 Å². The summed E-state index contributed by atoms with van der Waals surface area (Å²) in [6, 6.07) is 7.76. The lowest BCUT2D eigenvalue weighted by Gasteiger charge is -2.08. The number of hydrogen-bond donors (Lipinski definition) is 1. The molecule has 0 spiro atoms. The van der Waals surface area contributed by atoms with Crippen LogP contribution in [0.15, 0.2) is 59.0 Å². The van der Waals surface area contributed by atoms with Crippen molar-refractivity contribution in [1.82, 2.24) is 15.3 Å².